The summed E-state index contributed by atoms with van der Waals surface area (Å²) in [4.78, 5) is 11.0. The molecule has 4 heteroatoms. The van der Waals surface area contributed by atoms with Gasteiger partial charge in [-0.05, 0) is 88.5 Å². The van der Waals surface area contributed by atoms with Crippen molar-refractivity contribution >= 4 is 76.4 Å². The molecule has 0 fully saturated rings. The smallest absolute Gasteiger partial charge is 0.165 e. The number of benzene rings is 7. The Bertz CT molecular complexity index is 3450. The molecular formula is C52H34N4. The molecule has 1 atom stereocenters. The van der Waals surface area contributed by atoms with Crippen molar-refractivity contribution in [1.82, 2.24) is 19.1 Å². The van der Waals surface area contributed by atoms with Crippen LogP contribution < -0.4 is 0 Å². The second-order valence-corrected chi connectivity index (χ2v) is 15.5. The zero-order chi connectivity index (χ0) is 36.5. The molecule has 56 heavy (non-hydrogen) atoms. The first-order valence-corrected chi connectivity index (χ1v) is 19.8. The Morgan fingerprint density at radius 1 is 0.536 bits per heavy atom. The molecule has 0 saturated carbocycles. The second kappa shape index (κ2) is 11.2. The molecule has 0 spiro atoms. The lowest BCUT2D eigenvalue weighted by Crippen LogP contribution is -2.14. The summed E-state index contributed by atoms with van der Waals surface area (Å²) < 4.78 is 5.04. The lowest BCUT2D eigenvalue weighted by Gasteiger charge is -2.30. The average Bonchev–Trinajstić information content (AvgIpc) is 3.78. The van der Waals surface area contributed by atoms with E-state index in [2.05, 4.69) is 173 Å². The molecule has 262 valence electrons. The third kappa shape index (κ3) is 3.98. The van der Waals surface area contributed by atoms with E-state index in [1.807, 2.05) is 0 Å². The summed E-state index contributed by atoms with van der Waals surface area (Å²) in [5, 5.41) is 8.82. The Kier molecular flexibility index (Phi) is 6.09. The molecule has 3 aliphatic rings. The first kappa shape index (κ1) is 30.3. The van der Waals surface area contributed by atoms with E-state index in [9.17, 15) is 0 Å². The Balaban J connectivity index is 1.24. The zero-order valence-corrected chi connectivity index (χ0v) is 30.6. The molecule has 0 bridgehead atoms. The van der Waals surface area contributed by atoms with Gasteiger partial charge in [0.25, 0.3) is 0 Å². The Morgan fingerprint density at radius 2 is 1.21 bits per heavy atom. The van der Waals surface area contributed by atoms with Crippen molar-refractivity contribution in [2.45, 2.75) is 19.3 Å². The minimum absolute atomic E-state index is 0.273. The van der Waals surface area contributed by atoms with E-state index in [0.717, 1.165) is 58.4 Å². The molecule has 7 aromatic carbocycles. The van der Waals surface area contributed by atoms with Crippen LogP contribution in [-0.4, -0.2) is 19.1 Å². The van der Waals surface area contributed by atoms with Crippen LogP contribution in [0.1, 0.15) is 29.7 Å². The third-order valence-corrected chi connectivity index (χ3v) is 12.7. The number of fused-ring (bicyclic) bond motifs is 6. The normalized spacial score (nSPS) is 16.0. The fourth-order valence-corrected chi connectivity index (χ4v) is 10.4. The van der Waals surface area contributed by atoms with E-state index in [1.165, 1.54) is 76.9 Å². The molecule has 1 unspecified atom stereocenters. The van der Waals surface area contributed by atoms with Crippen molar-refractivity contribution in [1.29, 1.82) is 0 Å². The highest BCUT2D eigenvalue weighted by atomic mass is 15.1. The largest absolute Gasteiger partial charge is 0.312 e. The number of para-hydroxylation sites is 2. The second-order valence-electron chi connectivity index (χ2n) is 15.5. The summed E-state index contributed by atoms with van der Waals surface area (Å²) in [6.45, 7) is 0. The first-order valence-electron chi connectivity index (χ1n) is 19.8. The number of aromatic nitrogens is 4. The number of hydrogen-bond acceptors (Lipinski definition) is 2. The molecule has 0 N–H and O–H groups in total. The van der Waals surface area contributed by atoms with Gasteiger partial charge in [-0.3, -0.25) is 4.57 Å². The molecule has 10 aromatic rings. The van der Waals surface area contributed by atoms with Crippen LogP contribution in [0.3, 0.4) is 0 Å². The van der Waals surface area contributed by atoms with E-state index < -0.39 is 0 Å². The van der Waals surface area contributed by atoms with Crippen LogP contribution in [0.4, 0.5) is 0 Å². The van der Waals surface area contributed by atoms with Gasteiger partial charge in [0, 0.05) is 44.3 Å². The van der Waals surface area contributed by atoms with Crippen molar-refractivity contribution in [3.8, 4) is 22.8 Å². The molecule has 0 saturated heterocycles. The van der Waals surface area contributed by atoms with Crippen molar-refractivity contribution in [3.63, 3.8) is 0 Å². The molecule has 0 aliphatic heterocycles. The van der Waals surface area contributed by atoms with Crippen LogP contribution in [0, 0.1) is 5.92 Å². The van der Waals surface area contributed by atoms with Crippen molar-refractivity contribution in [2.24, 2.45) is 5.92 Å². The lowest BCUT2D eigenvalue weighted by atomic mass is 9.74. The van der Waals surface area contributed by atoms with E-state index in [1.54, 1.807) is 0 Å². The van der Waals surface area contributed by atoms with Gasteiger partial charge in [-0.2, -0.15) is 0 Å². The van der Waals surface area contributed by atoms with Gasteiger partial charge in [0.15, 0.2) is 5.82 Å². The summed E-state index contributed by atoms with van der Waals surface area (Å²) >= 11 is 0. The third-order valence-electron chi connectivity index (χ3n) is 12.7. The SMILES string of the molecule is C1=CCC2C3=CCCc4c3c3c5c6c(cccc6n(-c6nc7ccccc7nc6-c6cccc7ccccc67)c5ccc3n4-c3cccc4ccccc34)C2=C1. The molecule has 3 aromatic heterocycles. The minimum atomic E-state index is 0.273. The van der Waals surface area contributed by atoms with Crippen LogP contribution in [0.2, 0.25) is 0 Å². The van der Waals surface area contributed by atoms with Gasteiger partial charge in [-0.1, -0.05) is 127 Å². The molecular weight excluding hydrogens is 681 g/mol. The molecule has 3 heterocycles. The maximum absolute atomic E-state index is 5.56. The van der Waals surface area contributed by atoms with E-state index in [-0.39, 0.29) is 5.92 Å². The Hall–Kier alpha value is -7.04. The van der Waals surface area contributed by atoms with Crippen molar-refractivity contribution in [3.05, 3.63) is 181 Å². The van der Waals surface area contributed by atoms with Crippen LogP contribution in [-0.2, 0) is 6.42 Å². The zero-order valence-electron chi connectivity index (χ0n) is 30.6. The monoisotopic (exact) mass is 714 g/mol. The summed E-state index contributed by atoms with van der Waals surface area (Å²) in [6, 6.07) is 50.7. The Labute approximate surface area is 323 Å². The molecule has 0 amide bonds. The minimum Gasteiger partial charge on any atom is -0.312 e. The summed E-state index contributed by atoms with van der Waals surface area (Å²) in [7, 11) is 0. The predicted octanol–water partition coefficient (Wildman–Crippen LogP) is 12.9. The van der Waals surface area contributed by atoms with Gasteiger partial charge in [0.2, 0.25) is 0 Å². The van der Waals surface area contributed by atoms with E-state index >= 15 is 0 Å². The highest BCUT2D eigenvalue weighted by Crippen LogP contribution is 2.54. The fourth-order valence-electron chi connectivity index (χ4n) is 10.4. The van der Waals surface area contributed by atoms with E-state index in [0.29, 0.717) is 0 Å². The van der Waals surface area contributed by atoms with Crippen molar-refractivity contribution in [2.75, 3.05) is 0 Å². The lowest BCUT2D eigenvalue weighted by molar-refractivity contribution is 0.823. The van der Waals surface area contributed by atoms with Crippen molar-refractivity contribution < 1.29 is 0 Å². The van der Waals surface area contributed by atoms with Gasteiger partial charge < -0.3 is 4.57 Å². The highest BCUT2D eigenvalue weighted by molar-refractivity contribution is 6.28. The van der Waals surface area contributed by atoms with Crippen LogP contribution in [0.15, 0.2) is 164 Å². The number of allylic oxidation sites excluding steroid dienone is 6. The Morgan fingerprint density at radius 3 is 2.09 bits per heavy atom. The standard InChI is InChI=1S/C52H34N4/c1-3-17-33-31(13-1)15-9-23-39(33)51-52(54-41-25-8-7-24-40(41)53-51)56-44-28-12-22-38-36-20-6-5-19-35(36)37-21-11-27-43-47(37)49-45(29-30-46(56)50(49)48(38)44)55(43)42-26-10-16-32-14-2-4-18-34(32)42/h1-10,12-18,20-26,28-30,35H,11,19,27H2. The summed E-state index contributed by atoms with van der Waals surface area (Å²) in [6.07, 6.45) is 12.6. The molecule has 3 aliphatic carbocycles. The first-order chi connectivity index (χ1) is 27.8. The summed E-state index contributed by atoms with van der Waals surface area (Å²) in [5.41, 5.74) is 15.6. The average molecular weight is 715 g/mol. The van der Waals surface area contributed by atoms with Gasteiger partial charge in [0.05, 0.1) is 33.3 Å². The predicted molar refractivity (Wildman–Crippen MR) is 233 cm³/mol. The highest BCUT2D eigenvalue weighted by Gasteiger charge is 2.36. The van der Waals surface area contributed by atoms with Gasteiger partial charge in [-0.25, -0.2) is 9.97 Å². The van der Waals surface area contributed by atoms with Crippen LogP contribution in [0.25, 0.3) is 99.2 Å². The molecule has 4 nitrogen and oxygen atoms in total. The summed E-state index contributed by atoms with van der Waals surface area (Å²) in [5.74, 6) is 1.12. The van der Waals surface area contributed by atoms with Gasteiger partial charge in [-0.15, -0.1) is 0 Å². The number of hydrogen-bond donors (Lipinski definition) is 0. The van der Waals surface area contributed by atoms with Gasteiger partial charge >= 0.3 is 0 Å². The van der Waals surface area contributed by atoms with Crippen LogP contribution >= 0.6 is 0 Å². The molecule has 0 radical (unpaired) electrons. The number of rotatable bonds is 3. The maximum atomic E-state index is 5.56. The number of nitrogens with zero attached hydrogens (tertiary/aromatic N) is 4. The quantitative estimate of drug-likeness (QED) is 0.183. The molecule has 13 rings (SSSR count). The van der Waals surface area contributed by atoms with Gasteiger partial charge in [0.1, 0.15) is 5.69 Å². The topological polar surface area (TPSA) is 35.6 Å². The fraction of sp³-hybridized carbons (Fsp3) is 0.0769. The van der Waals surface area contributed by atoms with E-state index in [4.69, 9.17) is 9.97 Å². The maximum Gasteiger partial charge on any atom is 0.165 e. The van der Waals surface area contributed by atoms with Crippen LogP contribution in [0.5, 0.6) is 0 Å².